The highest BCUT2D eigenvalue weighted by atomic mass is 19.1. The maximum atomic E-state index is 13.4. The van der Waals surface area contributed by atoms with Gasteiger partial charge in [-0.1, -0.05) is 0 Å². The van der Waals surface area contributed by atoms with Crippen LogP contribution in [0.15, 0.2) is 36.4 Å². The van der Waals surface area contributed by atoms with Crippen molar-refractivity contribution in [3.05, 3.63) is 59.2 Å². The maximum absolute atomic E-state index is 13.4. The van der Waals surface area contributed by atoms with Crippen LogP contribution in [0.5, 0.6) is 5.75 Å². The molecule has 2 rings (SSSR count). The van der Waals surface area contributed by atoms with E-state index in [1.807, 2.05) is 0 Å². The SMILES string of the molecule is COC(=O)c1ccc(OCc2cc(F)ccc2F)c(N)c1. The summed E-state index contributed by atoms with van der Waals surface area (Å²) >= 11 is 0. The van der Waals surface area contributed by atoms with Crippen LogP contribution in [-0.4, -0.2) is 13.1 Å². The van der Waals surface area contributed by atoms with Crippen LogP contribution >= 0.6 is 0 Å². The van der Waals surface area contributed by atoms with E-state index >= 15 is 0 Å². The standard InChI is InChI=1S/C15H13F2NO3/c1-20-15(19)9-2-5-14(13(18)7-9)21-8-10-6-11(16)3-4-12(10)17/h2-7H,8,18H2,1H3. The smallest absolute Gasteiger partial charge is 0.337 e. The molecule has 4 nitrogen and oxygen atoms in total. The lowest BCUT2D eigenvalue weighted by Crippen LogP contribution is -2.05. The van der Waals surface area contributed by atoms with Crippen molar-refractivity contribution in [2.45, 2.75) is 6.61 Å². The lowest BCUT2D eigenvalue weighted by molar-refractivity contribution is 0.0600. The first kappa shape index (κ1) is 14.8. The summed E-state index contributed by atoms with van der Waals surface area (Å²) in [5, 5.41) is 0. The molecule has 0 aliphatic heterocycles. The number of ether oxygens (including phenoxy) is 2. The van der Waals surface area contributed by atoms with Gasteiger partial charge in [0.1, 0.15) is 24.0 Å². The second-order valence-corrected chi connectivity index (χ2v) is 4.27. The van der Waals surface area contributed by atoms with Crippen molar-refractivity contribution in [2.24, 2.45) is 0 Å². The summed E-state index contributed by atoms with van der Waals surface area (Å²) in [4.78, 5) is 11.3. The predicted octanol–water partition coefficient (Wildman–Crippen LogP) is 2.91. The van der Waals surface area contributed by atoms with Crippen LogP contribution in [0.3, 0.4) is 0 Å². The molecule has 0 bridgehead atoms. The van der Waals surface area contributed by atoms with Crippen LogP contribution < -0.4 is 10.5 Å². The molecule has 0 aliphatic rings. The van der Waals surface area contributed by atoms with E-state index in [0.717, 1.165) is 18.2 Å². The molecule has 0 aliphatic carbocycles. The fourth-order valence-electron chi connectivity index (χ4n) is 1.73. The summed E-state index contributed by atoms with van der Waals surface area (Å²) in [6, 6.07) is 7.44. The first-order valence-electron chi connectivity index (χ1n) is 6.06. The Kier molecular flexibility index (Phi) is 4.37. The number of hydrogen-bond acceptors (Lipinski definition) is 4. The Balaban J connectivity index is 2.13. The fourth-order valence-corrected chi connectivity index (χ4v) is 1.73. The van der Waals surface area contributed by atoms with Crippen molar-refractivity contribution in [1.29, 1.82) is 0 Å². The molecule has 0 unspecified atom stereocenters. The third-order valence-electron chi connectivity index (χ3n) is 2.82. The Hall–Kier alpha value is -2.63. The van der Waals surface area contributed by atoms with E-state index in [-0.39, 0.29) is 29.2 Å². The van der Waals surface area contributed by atoms with E-state index in [0.29, 0.717) is 0 Å². The van der Waals surface area contributed by atoms with Crippen LogP contribution in [0.25, 0.3) is 0 Å². The lowest BCUT2D eigenvalue weighted by Gasteiger charge is -2.10. The van der Waals surface area contributed by atoms with Crippen molar-refractivity contribution >= 4 is 11.7 Å². The minimum Gasteiger partial charge on any atom is -0.487 e. The summed E-state index contributed by atoms with van der Waals surface area (Å²) in [5.41, 5.74) is 6.30. The highest BCUT2D eigenvalue weighted by Crippen LogP contribution is 2.24. The molecule has 2 N–H and O–H groups in total. The minimum absolute atomic E-state index is 0.0754. The Labute approximate surface area is 120 Å². The van der Waals surface area contributed by atoms with Crippen LogP contribution in [-0.2, 0) is 11.3 Å². The fraction of sp³-hybridized carbons (Fsp3) is 0.133. The quantitative estimate of drug-likeness (QED) is 0.695. The monoisotopic (exact) mass is 293 g/mol. The summed E-state index contributed by atoms with van der Waals surface area (Å²) < 4.78 is 36.4. The van der Waals surface area contributed by atoms with Crippen molar-refractivity contribution in [3.63, 3.8) is 0 Å². The van der Waals surface area contributed by atoms with E-state index in [1.165, 1.54) is 25.3 Å². The normalized spacial score (nSPS) is 10.2. The number of nitrogen functional groups attached to an aromatic ring is 1. The molecule has 0 spiro atoms. The van der Waals surface area contributed by atoms with E-state index < -0.39 is 17.6 Å². The molecule has 0 radical (unpaired) electrons. The zero-order chi connectivity index (χ0) is 15.4. The van der Waals surface area contributed by atoms with Gasteiger partial charge in [-0.25, -0.2) is 13.6 Å². The Morgan fingerprint density at radius 1 is 1.19 bits per heavy atom. The predicted molar refractivity (Wildman–Crippen MR) is 72.9 cm³/mol. The Bertz CT molecular complexity index is 674. The number of hydrogen-bond donors (Lipinski definition) is 1. The number of benzene rings is 2. The zero-order valence-corrected chi connectivity index (χ0v) is 11.2. The third kappa shape index (κ3) is 3.47. The number of anilines is 1. The van der Waals surface area contributed by atoms with Crippen LogP contribution in [0, 0.1) is 11.6 Å². The minimum atomic E-state index is -0.568. The molecule has 0 saturated heterocycles. The van der Waals surface area contributed by atoms with Crippen molar-refractivity contribution in [1.82, 2.24) is 0 Å². The maximum Gasteiger partial charge on any atom is 0.337 e. The van der Waals surface area contributed by atoms with E-state index in [4.69, 9.17) is 10.5 Å². The molecular weight excluding hydrogens is 280 g/mol. The van der Waals surface area contributed by atoms with E-state index in [2.05, 4.69) is 4.74 Å². The van der Waals surface area contributed by atoms with Gasteiger partial charge in [0.25, 0.3) is 0 Å². The number of nitrogens with two attached hydrogens (primary N) is 1. The first-order valence-corrected chi connectivity index (χ1v) is 6.06. The van der Waals surface area contributed by atoms with Gasteiger partial charge in [-0.15, -0.1) is 0 Å². The summed E-state index contributed by atoms with van der Waals surface area (Å²) in [6.07, 6.45) is 0. The number of methoxy groups -OCH3 is 1. The lowest BCUT2D eigenvalue weighted by atomic mass is 10.2. The van der Waals surface area contributed by atoms with Gasteiger partial charge in [0.15, 0.2) is 0 Å². The van der Waals surface area contributed by atoms with Crippen LogP contribution in [0.2, 0.25) is 0 Å². The van der Waals surface area contributed by atoms with Crippen molar-refractivity contribution in [3.8, 4) is 5.75 Å². The van der Waals surface area contributed by atoms with Crippen LogP contribution in [0.1, 0.15) is 15.9 Å². The first-order chi connectivity index (χ1) is 10.0. The summed E-state index contributed by atoms with van der Waals surface area (Å²) in [5.74, 6) is -1.37. The molecule has 2 aromatic carbocycles. The second-order valence-electron chi connectivity index (χ2n) is 4.27. The van der Waals surface area contributed by atoms with Crippen LogP contribution in [0.4, 0.5) is 14.5 Å². The molecule has 0 aromatic heterocycles. The van der Waals surface area contributed by atoms with E-state index in [1.54, 1.807) is 0 Å². The van der Waals surface area contributed by atoms with Gasteiger partial charge >= 0.3 is 5.97 Å². The Morgan fingerprint density at radius 3 is 2.62 bits per heavy atom. The highest BCUT2D eigenvalue weighted by Gasteiger charge is 2.10. The molecule has 0 amide bonds. The van der Waals surface area contributed by atoms with Gasteiger partial charge in [0.05, 0.1) is 18.4 Å². The molecule has 2 aromatic rings. The number of halogens is 2. The topological polar surface area (TPSA) is 61.5 Å². The highest BCUT2D eigenvalue weighted by molar-refractivity contribution is 5.90. The molecule has 21 heavy (non-hydrogen) atoms. The zero-order valence-electron chi connectivity index (χ0n) is 11.2. The number of carbonyl (C=O) groups is 1. The second kappa shape index (κ2) is 6.21. The molecule has 6 heteroatoms. The van der Waals surface area contributed by atoms with Gasteiger partial charge in [-0.2, -0.15) is 0 Å². The molecule has 0 heterocycles. The van der Waals surface area contributed by atoms with Gasteiger partial charge < -0.3 is 15.2 Å². The average Bonchev–Trinajstić information content (AvgIpc) is 2.48. The largest absolute Gasteiger partial charge is 0.487 e. The van der Waals surface area contributed by atoms with Gasteiger partial charge in [-0.05, 0) is 36.4 Å². The average molecular weight is 293 g/mol. The van der Waals surface area contributed by atoms with Gasteiger partial charge in [0, 0.05) is 5.56 Å². The third-order valence-corrected chi connectivity index (χ3v) is 2.82. The number of esters is 1. The molecular formula is C15H13F2NO3. The van der Waals surface area contributed by atoms with Crippen molar-refractivity contribution in [2.75, 3.05) is 12.8 Å². The van der Waals surface area contributed by atoms with Crippen molar-refractivity contribution < 1.29 is 23.0 Å². The summed E-state index contributed by atoms with van der Waals surface area (Å²) in [7, 11) is 1.26. The number of rotatable bonds is 4. The van der Waals surface area contributed by atoms with E-state index in [9.17, 15) is 13.6 Å². The molecule has 0 saturated carbocycles. The Morgan fingerprint density at radius 2 is 1.95 bits per heavy atom. The summed E-state index contributed by atoms with van der Waals surface area (Å²) in [6.45, 7) is -0.175. The number of carbonyl (C=O) groups excluding carboxylic acids is 1. The molecule has 0 atom stereocenters. The molecule has 110 valence electrons. The van der Waals surface area contributed by atoms with Gasteiger partial charge in [-0.3, -0.25) is 0 Å². The van der Waals surface area contributed by atoms with Gasteiger partial charge in [0.2, 0.25) is 0 Å². The molecule has 0 fully saturated rings.